The normalized spacial score (nSPS) is 7.78. The topological polar surface area (TPSA) is 149 Å². The SMILES string of the molecule is C=CC(=O)O.C=CC(=O)O.O=C(O)/C=C\C(=O)O. The first kappa shape index (κ1) is 20.5. The number of hydrogen-bond donors (Lipinski definition) is 4. The molecule has 8 nitrogen and oxygen atoms in total. The average Bonchev–Trinajstić information content (AvgIpc) is 2.27. The Morgan fingerprint density at radius 3 is 0.833 bits per heavy atom. The van der Waals surface area contributed by atoms with Crippen LogP contribution in [0, 0.1) is 0 Å². The van der Waals surface area contributed by atoms with E-state index in [4.69, 9.17) is 20.4 Å². The van der Waals surface area contributed by atoms with E-state index in [1.165, 1.54) is 0 Å². The molecule has 0 aliphatic rings. The maximum Gasteiger partial charge on any atom is 0.328 e. The number of hydrogen-bond acceptors (Lipinski definition) is 4. The summed E-state index contributed by atoms with van der Waals surface area (Å²) in [5, 5.41) is 30.8. The molecule has 0 unspecified atom stereocenters. The van der Waals surface area contributed by atoms with Crippen molar-refractivity contribution >= 4 is 23.9 Å². The Hall–Kier alpha value is -2.90. The molecule has 0 saturated heterocycles. The molecule has 18 heavy (non-hydrogen) atoms. The van der Waals surface area contributed by atoms with Crippen LogP contribution in [0.2, 0.25) is 0 Å². The van der Waals surface area contributed by atoms with Crippen molar-refractivity contribution in [1.29, 1.82) is 0 Å². The van der Waals surface area contributed by atoms with Gasteiger partial charge in [0.2, 0.25) is 0 Å². The Morgan fingerprint density at radius 1 is 0.611 bits per heavy atom. The van der Waals surface area contributed by atoms with E-state index in [0.717, 1.165) is 12.2 Å². The molecular weight excluding hydrogens is 248 g/mol. The molecule has 0 amide bonds. The zero-order valence-electron chi connectivity index (χ0n) is 9.15. The molecule has 100 valence electrons. The number of aliphatic carboxylic acids is 4. The Kier molecular flexibility index (Phi) is 16.1. The summed E-state index contributed by atoms with van der Waals surface area (Å²) in [4.78, 5) is 37.6. The molecular formula is C10H12O8. The smallest absolute Gasteiger partial charge is 0.328 e. The predicted octanol–water partition coefficient (Wildman–Crippen LogP) is 0.226. The number of carbonyl (C=O) groups is 4. The zero-order valence-corrected chi connectivity index (χ0v) is 9.15. The fourth-order valence-corrected chi connectivity index (χ4v) is 0.143. The summed E-state index contributed by atoms with van der Waals surface area (Å²) >= 11 is 0. The average molecular weight is 260 g/mol. The van der Waals surface area contributed by atoms with Crippen molar-refractivity contribution in [3.63, 3.8) is 0 Å². The minimum Gasteiger partial charge on any atom is -0.478 e. The van der Waals surface area contributed by atoms with Gasteiger partial charge in [-0.2, -0.15) is 0 Å². The summed E-state index contributed by atoms with van der Waals surface area (Å²) in [6, 6.07) is 0. The highest BCUT2D eigenvalue weighted by atomic mass is 16.4. The van der Waals surface area contributed by atoms with Gasteiger partial charge in [0.25, 0.3) is 0 Å². The third-order valence-electron chi connectivity index (χ3n) is 0.718. The maximum absolute atomic E-state index is 9.55. The molecule has 0 saturated carbocycles. The summed E-state index contributed by atoms with van der Waals surface area (Å²) in [5.41, 5.74) is 0. The highest BCUT2D eigenvalue weighted by Crippen LogP contribution is 1.70. The van der Waals surface area contributed by atoms with E-state index in [9.17, 15) is 19.2 Å². The molecule has 0 heterocycles. The molecule has 0 bridgehead atoms. The molecule has 0 aliphatic heterocycles. The third kappa shape index (κ3) is 51.5. The Morgan fingerprint density at radius 2 is 0.778 bits per heavy atom. The van der Waals surface area contributed by atoms with Crippen LogP contribution in [-0.2, 0) is 19.2 Å². The van der Waals surface area contributed by atoms with Gasteiger partial charge in [0, 0.05) is 24.3 Å². The van der Waals surface area contributed by atoms with Crippen LogP contribution in [0.15, 0.2) is 37.5 Å². The van der Waals surface area contributed by atoms with E-state index in [0.29, 0.717) is 12.2 Å². The molecule has 0 aromatic rings. The van der Waals surface area contributed by atoms with Crippen molar-refractivity contribution in [2.75, 3.05) is 0 Å². The second-order valence-corrected chi connectivity index (χ2v) is 2.09. The van der Waals surface area contributed by atoms with Crippen LogP contribution in [0.25, 0.3) is 0 Å². The van der Waals surface area contributed by atoms with Gasteiger partial charge >= 0.3 is 23.9 Å². The molecule has 0 fully saturated rings. The highest BCUT2D eigenvalue weighted by Gasteiger charge is 1.88. The lowest BCUT2D eigenvalue weighted by atomic mass is 10.5. The standard InChI is InChI=1S/C4H4O4.2C3H4O2/c5-3(6)1-2-4(7)8;2*1-2-3(4)5/h1-2H,(H,5,6)(H,7,8);2*2H,1H2,(H,4,5)/b2-1-;;. The number of carboxylic acid groups (broad SMARTS) is 4. The van der Waals surface area contributed by atoms with E-state index in [2.05, 4.69) is 13.2 Å². The van der Waals surface area contributed by atoms with Gasteiger partial charge in [-0.25, -0.2) is 19.2 Å². The highest BCUT2D eigenvalue weighted by molar-refractivity contribution is 5.89. The lowest BCUT2D eigenvalue weighted by molar-refractivity contribution is -0.134. The van der Waals surface area contributed by atoms with Gasteiger partial charge in [0.15, 0.2) is 0 Å². The minimum atomic E-state index is -1.26. The number of carboxylic acids is 4. The molecule has 8 heteroatoms. The first-order valence-corrected chi connectivity index (χ1v) is 4.02. The largest absolute Gasteiger partial charge is 0.478 e. The van der Waals surface area contributed by atoms with Crippen LogP contribution < -0.4 is 0 Å². The molecule has 0 rings (SSSR count). The molecule has 0 radical (unpaired) electrons. The van der Waals surface area contributed by atoms with Crippen molar-refractivity contribution in [2.45, 2.75) is 0 Å². The van der Waals surface area contributed by atoms with E-state index in [1.54, 1.807) is 0 Å². The van der Waals surface area contributed by atoms with Crippen LogP contribution in [0.5, 0.6) is 0 Å². The zero-order chi connectivity index (χ0) is 15.1. The lowest BCUT2D eigenvalue weighted by Gasteiger charge is -1.74. The van der Waals surface area contributed by atoms with E-state index < -0.39 is 23.9 Å². The van der Waals surface area contributed by atoms with Crippen molar-refractivity contribution < 1.29 is 39.6 Å². The van der Waals surface area contributed by atoms with Gasteiger partial charge in [0.1, 0.15) is 0 Å². The van der Waals surface area contributed by atoms with Crippen LogP contribution in [0.1, 0.15) is 0 Å². The summed E-state index contributed by atoms with van der Waals surface area (Å²) < 4.78 is 0. The summed E-state index contributed by atoms with van der Waals surface area (Å²) in [5.74, 6) is -4.48. The van der Waals surface area contributed by atoms with Crippen LogP contribution in [-0.4, -0.2) is 44.3 Å². The van der Waals surface area contributed by atoms with Gasteiger partial charge in [-0.3, -0.25) is 0 Å². The monoisotopic (exact) mass is 260 g/mol. The van der Waals surface area contributed by atoms with Gasteiger partial charge in [-0.1, -0.05) is 13.2 Å². The van der Waals surface area contributed by atoms with Crippen molar-refractivity contribution in [3.8, 4) is 0 Å². The Bertz CT molecular complexity index is 319. The molecule has 0 atom stereocenters. The van der Waals surface area contributed by atoms with Crippen molar-refractivity contribution in [2.24, 2.45) is 0 Å². The molecule has 0 aliphatic carbocycles. The summed E-state index contributed by atoms with van der Waals surface area (Å²) in [6.45, 7) is 5.92. The first-order valence-electron chi connectivity index (χ1n) is 4.02. The van der Waals surface area contributed by atoms with Crippen LogP contribution in [0.3, 0.4) is 0 Å². The fourth-order valence-electron chi connectivity index (χ4n) is 0.143. The second-order valence-electron chi connectivity index (χ2n) is 2.09. The van der Waals surface area contributed by atoms with Gasteiger partial charge < -0.3 is 20.4 Å². The Labute approximate surface area is 102 Å². The van der Waals surface area contributed by atoms with Crippen molar-refractivity contribution in [1.82, 2.24) is 0 Å². The quantitative estimate of drug-likeness (QED) is 0.524. The Balaban J connectivity index is -0.000000197. The first-order chi connectivity index (χ1) is 8.17. The lowest BCUT2D eigenvalue weighted by Crippen LogP contribution is -1.91. The van der Waals surface area contributed by atoms with Gasteiger partial charge in [0.05, 0.1) is 0 Å². The number of rotatable bonds is 4. The minimum absolute atomic E-state index is 0.558. The van der Waals surface area contributed by atoms with E-state index in [-0.39, 0.29) is 0 Å². The molecule has 0 aromatic carbocycles. The second kappa shape index (κ2) is 14.1. The van der Waals surface area contributed by atoms with Crippen LogP contribution in [0.4, 0.5) is 0 Å². The van der Waals surface area contributed by atoms with Gasteiger partial charge in [-0.15, -0.1) is 0 Å². The fraction of sp³-hybridized carbons (Fsp3) is 0. The van der Waals surface area contributed by atoms with Crippen molar-refractivity contribution in [3.05, 3.63) is 37.5 Å². The third-order valence-corrected chi connectivity index (χ3v) is 0.718. The van der Waals surface area contributed by atoms with E-state index in [1.807, 2.05) is 0 Å². The maximum atomic E-state index is 9.55. The summed E-state index contributed by atoms with van der Waals surface area (Å²) in [7, 11) is 0. The summed E-state index contributed by atoms with van der Waals surface area (Å²) in [6.07, 6.45) is 2.78. The van der Waals surface area contributed by atoms with E-state index >= 15 is 0 Å². The van der Waals surface area contributed by atoms with Gasteiger partial charge in [-0.05, 0) is 0 Å². The predicted molar refractivity (Wildman–Crippen MR) is 60.1 cm³/mol. The molecule has 4 N–H and O–H groups in total. The van der Waals surface area contributed by atoms with Crippen LogP contribution >= 0.6 is 0 Å². The molecule has 0 aromatic heterocycles. The molecule has 0 spiro atoms.